The third-order valence-corrected chi connectivity index (χ3v) is 4.85. The zero-order valence-electron chi connectivity index (χ0n) is 9.61. The highest BCUT2D eigenvalue weighted by Gasteiger charge is 2.16. The molecule has 0 aliphatic carbocycles. The van der Waals surface area contributed by atoms with E-state index < -0.39 is 0 Å². The van der Waals surface area contributed by atoms with Crippen molar-refractivity contribution in [2.75, 3.05) is 5.32 Å². The number of thiophene rings is 1. The van der Waals surface area contributed by atoms with E-state index in [2.05, 4.69) is 5.32 Å². The van der Waals surface area contributed by atoms with Gasteiger partial charge in [-0.1, -0.05) is 58.0 Å². The molecule has 0 amide bonds. The molecular formula is C12H8Cl5NS. The van der Waals surface area contributed by atoms with Crippen molar-refractivity contribution in [1.29, 1.82) is 0 Å². The molecule has 2 aromatic rings. The Morgan fingerprint density at radius 1 is 1.00 bits per heavy atom. The van der Waals surface area contributed by atoms with Crippen LogP contribution in [-0.4, -0.2) is 0 Å². The number of anilines is 1. The molecule has 19 heavy (non-hydrogen) atoms. The molecule has 0 saturated carbocycles. The fraction of sp³-hybridized carbons (Fsp3) is 0.167. The molecule has 1 heterocycles. The zero-order valence-corrected chi connectivity index (χ0v) is 14.2. The minimum Gasteiger partial charge on any atom is -0.376 e. The van der Waals surface area contributed by atoms with Crippen LogP contribution in [0.3, 0.4) is 0 Å². The van der Waals surface area contributed by atoms with Crippen molar-refractivity contribution in [2.45, 2.75) is 13.0 Å². The normalized spacial score (nSPS) is 12.5. The van der Waals surface area contributed by atoms with Crippen LogP contribution in [0.4, 0.5) is 5.69 Å². The summed E-state index contributed by atoms with van der Waals surface area (Å²) in [4.78, 5) is 0. The monoisotopic (exact) mass is 373 g/mol. The molecule has 0 aliphatic rings. The molecule has 1 unspecified atom stereocenters. The van der Waals surface area contributed by atoms with E-state index >= 15 is 0 Å². The van der Waals surface area contributed by atoms with Gasteiger partial charge in [-0.05, 0) is 25.1 Å². The van der Waals surface area contributed by atoms with Crippen molar-refractivity contribution in [2.24, 2.45) is 0 Å². The first-order valence-corrected chi connectivity index (χ1v) is 7.95. The summed E-state index contributed by atoms with van der Waals surface area (Å²) in [6, 6.07) is 5.01. The van der Waals surface area contributed by atoms with E-state index in [0.29, 0.717) is 29.4 Å². The third kappa shape index (κ3) is 3.63. The summed E-state index contributed by atoms with van der Waals surface area (Å²) in [5.74, 6) is 0. The van der Waals surface area contributed by atoms with Crippen molar-refractivity contribution in [3.05, 3.63) is 47.5 Å². The van der Waals surface area contributed by atoms with Crippen LogP contribution in [0, 0.1) is 0 Å². The Hall–Kier alpha value is 0.170. The smallest absolute Gasteiger partial charge is 0.0996 e. The van der Waals surface area contributed by atoms with Gasteiger partial charge in [-0.3, -0.25) is 0 Å². The largest absolute Gasteiger partial charge is 0.376 e. The third-order valence-electron chi connectivity index (χ3n) is 2.52. The molecule has 0 fully saturated rings. The molecule has 7 heteroatoms. The van der Waals surface area contributed by atoms with Crippen LogP contribution in [0.25, 0.3) is 0 Å². The van der Waals surface area contributed by atoms with Crippen LogP contribution in [0.15, 0.2) is 18.2 Å². The second-order valence-electron chi connectivity index (χ2n) is 3.89. The van der Waals surface area contributed by atoms with E-state index in [0.717, 1.165) is 5.56 Å². The highest BCUT2D eigenvalue weighted by molar-refractivity contribution is 7.20. The van der Waals surface area contributed by atoms with Crippen LogP contribution in [0.2, 0.25) is 23.7 Å². The van der Waals surface area contributed by atoms with Gasteiger partial charge < -0.3 is 5.32 Å². The average molecular weight is 376 g/mol. The van der Waals surface area contributed by atoms with E-state index in [1.54, 1.807) is 12.1 Å². The van der Waals surface area contributed by atoms with Crippen molar-refractivity contribution < 1.29 is 0 Å². The predicted octanol–water partition coefficient (Wildman–Crippen LogP) is 7.19. The van der Waals surface area contributed by atoms with Gasteiger partial charge in [0.2, 0.25) is 0 Å². The van der Waals surface area contributed by atoms with E-state index in [1.807, 2.05) is 13.0 Å². The lowest BCUT2D eigenvalue weighted by molar-refractivity contribution is 0.891. The Balaban J connectivity index is 2.29. The van der Waals surface area contributed by atoms with Gasteiger partial charge in [0, 0.05) is 10.6 Å². The van der Waals surface area contributed by atoms with Gasteiger partial charge in [0.1, 0.15) is 0 Å². The SMILES string of the molecule is CC(Nc1c(Cl)cc(Cl)cc1Cl)c1cc(Cl)sc1Cl. The second kappa shape index (κ2) is 6.30. The van der Waals surface area contributed by atoms with Crippen molar-refractivity contribution in [1.82, 2.24) is 0 Å². The minimum absolute atomic E-state index is 0.0765. The van der Waals surface area contributed by atoms with Gasteiger partial charge >= 0.3 is 0 Å². The van der Waals surface area contributed by atoms with Gasteiger partial charge in [0.15, 0.2) is 0 Å². The Labute approximate surface area is 140 Å². The summed E-state index contributed by atoms with van der Waals surface area (Å²) in [6.07, 6.45) is 0. The molecule has 1 aromatic carbocycles. The summed E-state index contributed by atoms with van der Waals surface area (Å²) < 4.78 is 1.29. The van der Waals surface area contributed by atoms with Gasteiger partial charge in [-0.2, -0.15) is 0 Å². The van der Waals surface area contributed by atoms with E-state index in [9.17, 15) is 0 Å². The van der Waals surface area contributed by atoms with Crippen molar-refractivity contribution in [3.63, 3.8) is 0 Å². The van der Waals surface area contributed by atoms with Gasteiger partial charge in [-0.25, -0.2) is 0 Å². The summed E-state index contributed by atoms with van der Waals surface area (Å²) in [6.45, 7) is 1.95. The molecule has 0 aliphatic heterocycles. The highest BCUT2D eigenvalue weighted by Crippen LogP contribution is 2.39. The molecule has 2 rings (SSSR count). The van der Waals surface area contributed by atoms with E-state index in [1.165, 1.54) is 11.3 Å². The number of nitrogens with one attached hydrogen (secondary N) is 1. The lowest BCUT2D eigenvalue weighted by Gasteiger charge is -2.17. The maximum atomic E-state index is 6.12. The Bertz CT molecular complexity index is 587. The average Bonchev–Trinajstić information content (AvgIpc) is 2.62. The number of halogens is 5. The van der Waals surface area contributed by atoms with Crippen LogP contribution < -0.4 is 5.32 Å². The Morgan fingerprint density at radius 3 is 2.05 bits per heavy atom. The summed E-state index contributed by atoms with van der Waals surface area (Å²) >= 11 is 31.5. The Morgan fingerprint density at radius 2 is 1.58 bits per heavy atom. The summed E-state index contributed by atoms with van der Waals surface area (Å²) in [7, 11) is 0. The lowest BCUT2D eigenvalue weighted by Crippen LogP contribution is -2.07. The molecule has 1 aromatic heterocycles. The molecule has 102 valence electrons. The van der Waals surface area contributed by atoms with Gasteiger partial charge in [0.05, 0.1) is 30.4 Å². The standard InChI is InChI=1S/C12H8Cl5NS/c1-5(7-4-10(16)19-12(7)17)18-11-8(14)2-6(13)3-9(11)15/h2-5,18H,1H3. The number of hydrogen-bond donors (Lipinski definition) is 1. The number of hydrogen-bond acceptors (Lipinski definition) is 2. The molecule has 0 saturated heterocycles. The topological polar surface area (TPSA) is 12.0 Å². The summed E-state index contributed by atoms with van der Waals surface area (Å²) in [5.41, 5.74) is 1.53. The molecule has 0 spiro atoms. The van der Waals surface area contributed by atoms with Crippen LogP contribution in [-0.2, 0) is 0 Å². The molecule has 1 atom stereocenters. The number of rotatable bonds is 3. The van der Waals surface area contributed by atoms with Gasteiger partial charge in [-0.15, -0.1) is 11.3 Å². The summed E-state index contributed by atoms with van der Waals surface area (Å²) in [5, 5.41) is 4.63. The zero-order chi connectivity index (χ0) is 14.2. The van der Waals surface area contributed by atoms with Gasteiger partial charge in [0.25, 0.3) is 0 Å². The lowest BCUT2D eigenvalue weighted by atomic mass is 10.1. The molecular weight excluding hydrogens is 367 g/mol. The highest BCUT2D eigenvalue weighted by atomic mass is 35.5. The predicted molar refractivity (Wildman–Crippen MR) is 87.8 cm³/mol. The number of benzene rings is 1. The second-order valence-corrected chi connectivity index (χ2v) is 7.43. The maximum absolute atomic E-state index is 6.12. The molecule has 1 N–H and O–H groups in total. The first-order chi connectivity index (χ1) is 8.88. The van der Waals surface area contributed by atoms with E-state index in [4.69, 9.17) is 58.0 Å². The fourth-order valence-corrected chi connectivity index (χ4v) is 4.19. The Kier molecular flexibility index (Phi) is 5.15. The van der Waals surface area contributed by atoms with Crippen molar-refractivity contribution in [3.8, 4) is 0 Å². The molecule has 1 nitrogen and oxygen atoms in total. The van der Waals surface area contributed by atoms with E-state index in [-0.39, 0.29) is 6.04 Å². The quantitative estimate of drug-likeness (QED) is 0.598. The minimum atomic E-state index is -0.0765. The van der Waals surface area contributed by atoms with Crippen LogP contribution >= 0.6 is 69.3 Å². The maximum Gasteiger partial charge on any atom is 0.0996 e. The first kappa shape index (κ1) is 15.6. The molecule has 0 radical (unpaired) electrons. The van der Waals surface area contributed by atoms with Crippen LogP contribution in [0.1, 0.15) is 18.5 Å². The molecule has 0 bridgehead atoms. The first-order valence-electron chi connectivity index (χ1n) is 5.24. The van der Waals surface area contributed by atoms with Crippen molar-refractivity contribution >= 4 is 75.0 Å². The van der Waals surface area contributed by atoms with Crippen LogP contribution in [0.5, 0.6) is 0 Å². The fourth-order valence-electron chi connectivity index (χ4n) is 1.62.